The zero-order chi connectivity index (χ0) is 36.9. The highest BCUT2D eigenvalue weighted by molar-refractivity contribution is 6.87. The maximum atomic E-state index is 15.9. The van der Waals surface area contributed by atoms with Gasteiger partial charge in [0.15, 0.2) is 5.78 Å². The summed E-state index contributed by atoms with van der Waals surface area (Å²) in [6.07, 6.45) is 19.0. The number of unbranched alkanes of at least 4 members (excludes halogenated alkanes) is 6. The summed E-state index contributed by atoms with van der Waals surface area (Å²) in [6.45, 7) is 14.0. The van der Waals surface area contributed by atoms with Gasteiger partial charge in [0, 0.05) is 0 Å². The molecule has 0 heterocycles. The summed E-state index contributed by atoms with van der Waals surface area (Å²) in [6, 6.07) is 29.3. The average molecular weight is 723 g/mol. The summed E-state index contributed by atoms with van der Waals surface area (Å²) in [5.41, 5.74) is 9.47. The molecular formula is C48H74OSi2. The molecule has 0 bridgehead atoms. The highest BCUT2D eigenvalue weighted by atomic mass is 28.3. The minimum atomic E-state index is -1.89. The Labute approximate surface area is 318 Å². The van der Waals surface area contributed by atoms with E-state index in [4.69, 9.17) is 0 Å². The van der Waals surface area contributed by atoms with Crippen molar-refractivity contribution in [1.29, 1.82) is 0 Å². The number of rotatable bonds is 22. The molecule has 1 saturated carbocycles. The second kappa shape index (κ2) is 22.7. The van der Waals surface area contributed by atoms with Crippen molar-refractivity contribution in [2.24, 2.45) is 10.8 Å². The molecule has 1 aliphatic carbocycles. The molecule has 1 fully saturated rings. The Morgan fingerprint density at radius 2 is 0.784 bits per heavy atom. The Kier molecular flexibility index (Phi) is 19.1. The predicted molar refractivity (Wildman–Crippen MR) is 229 cm³/mol. The van der Waals surface area contributed by atoms with Crippen LogP contribution in [0.15, 0.2) is 60.7 Å². The van der Waals surface area contributed by atoms with E-state index in [2.05, 4.69) is 125 Å². The van der Waals surface area contributed by atoms with Gasteiger partial charge in [-0.15, -0.1) is 11.1 Å². The zero-order valence-electron chi connectivity index (χ0n) is 33.9. The highest BCUT2D eigenvalue weighted by Gasteiger charge is 2.52. The third-order valence-electron chi connectivity index (χ3n) is 12.0. The van der Waals surface area contributed by atoms with Crippen LogP contribution in [0.25, 0.3) is 0 Å². The topological polar surface area (TPSA) is 17.1 Å². The van der Waals surface area contributed by atoms with Gasteiger partial charge >= 0.3 is 0 Å². The predicted octanol–water partition coefficient (Wildman–Crippen LogP) is 14.0. The molecule has 0 spiro atoms. The second-order valence-corrected chi connectivity index (χ2v) is 25.0. The first-order valence-electron chi connectivity index (χ1n) is 21.5. The maximum absolute atomic E-state index is 15.9. The molecule has 1 nitrogen and oxygen atoms in total. The lowest BCUT2D eigenvalue weighted by Crippen LogP contribution is -2.49. The average Bonchev–Trinajstić information content (AvgIpc) is 3.16. The molecule has 0 radical (unpaired) electrons. The van der Waals surface area contributed by atoms with E-state index in [-0.39, 0.29) is 0 Å². The number of Topliss-reactive ketones (excluding diaryl/α,β-unsaturated/α-hetero) is 1. The zero-order valence-corrected chi connectivity index (χ0v) is 35.9. The first-order valence-corrected chi connectivity index (χ1v) is 26.8. The standard InChI is InChI=1S/C48H74OSi2/c1-7-13-34-50(35-14-8-2,36-15-9-3)40-32-47(42-44-26-21-19-22-27-44)30-25-31-48(46(47)49,43-45-28-23-20-24-29-45)33-41-51(37-16-10-4,38-17-11-5)39-18-12-6/h19-24,26-29H,7-18,25,30-31,34-39,42-43H2,1-6H3/t47-,48+. The molecule has 280 valence electrons. The monoisotopic (exact) mass is 723 g/mol. The van der Waals surface area contributed by atoms with Gasteiger partial charge in [0.25, 0.3) is 0 Å². The van der Waals surface area contributed by atoms with Crippen LogP contribution < -0.4 is 0 Å². The van der Waals surface area contributed by atoms with Crippen LogP contribution >= 0.6 is 0 Å². The lowest BCUT2D eigenvalue weighted by Gasteiger charge is -2.42. The number of ketones is 1. The maximum Gasteiger partial charge on any atom is 0.169 e. The molecule has 2 aromatic rings. The van der Waals surface area contributed by atoms with E-state index in [1.54, 1.807) is 0 Å². The van der Waals surface area contributed by atoms with Gasteiger partial charge in [0.05, 0.1) is 10.8 Å². The lowest BCUT2D eigenvalue weighted by atomic mass is 9.58. The van der Waals surface area contributed by atoms with E-state index in [0.717, 1.165) is 19.3 Å². The summed E-state index contributed by atoms with van der Waals surface area (Å²) < 4.78 is 0. The molecule has 2 aromatic carbocycles. The first-order chi connectivity index (χ1) is 24.8. The molecule has 2 atom stereocenters. The fourth-order valence-corrected chi connectivity index (χ4v) is 18.1. The Morgan fingerprint density at radius 3 is 1.06 bits per heavy atom. The molecular weight excluding hydrogens is 649 g/mol. The third-order valence-corrected chi connectivity index (χ3v) is 21.1. The van der Waals surface area contributed by atoms with Crippen molar-refractivity contribution in [2.45, 2.75) is 187 Å². The van der Waals surface area contributed by atoms with E-state index < -0.39 is 27.0 Å². The Hall–Kier alpha value is -2.34. The molecule has 1 aliphatic rings. The van der Waals surface area contributed by atoms with Gasteiger partial charge in [0.1, 0.15) is 16.1 Å². The van der Waals surface area contributed by atoms with Crippen molar-refractivity contribution in [3.8, 4) is 22.9 Å². The van der Waals surface area contributed by atoms with Crippen LogP contribution in [0.3, 0.4) is 0 Å². The molecule has 0 amide bonds. The summed E-state index contributed by atoms with van der Waals surface area (Å²) in [5, 5.41) is 0. The molecule has 3 rings (SSSR count). The van der Waals surface area contributed by atoms with Crippen molar-refractivity contribution in [1.82, 2.24) is 0 Å². The summed E-state index contributed by atoms with van der Waals surface area (Å²) in [5.74, 6) is 8.44. The van der Waals surface area contributed by atoms with Gasteiger partial charge in [-0.05, 0) is 79.5 Å². The van der Waals surface area contributed by atoms with Crippen LogP contribution in [0, 0.1) is 33.8 Å². The van der Waals surface area contributed by atoms with Crippen molar-refractivity contribution >= 4 is 21.9 Å². The van der Waals surface area contributed by atoms with Crippen molar-refractivity contribution in [2.75, 3.05) is 0 Å². The Balaban J connectivity index is 2.30. The van der Waals surface area contributed by atoms with Crippen LogP contribution in [0.1, 0.15) is 149 Å². The van der Waals surface area contributed by atoms with E-state index in [1.165, 1.54) is 124 Å². The Bertz CT molecular complexity index is 1240. The first kappa shape index (κ1) is 43.1. The van der Waals surface area contributed by atoms with Crippen molar-refractivity contribution in [3.05, 3.63) is 71.8 Å². The molecule has 0 N–H and O–H groups in total. The smallest absolute Gasteiger partial charge is 0.169 e. The summed E-state index contributed by atoms with van der Waals surface area (Å²) in [7, 11) is -3.79. The second-order valence-electron chi connectivity index (χ2n) is 16.4. The Morgan fingerprint density at radius 1 is 0.490 bits per heavy atom. The molecule has 3 heteroatoms. The van der Waals surface area contributed by atoms with Gasteiger partial charge < -0.3 is 0 Å². The van der Waals surface area contributed by atoms with Crippen LogP contribution in [-0.2, 0) is 17.6 Å². The lowest BCUT2D eigenvalue weighted by molar-refractivity contribution is -0.136. The highest BCUT2D eigenvalue weighted by Crippen LogP contribution is 2.47. The minimum absolute atomic E-state index is 0.350. The van der Waals surface area contributed by atoms with Crippen molar-refractivity contribution in [3.63, 3.8) is 0 Å². The normalized spacial score (nSPS) is 19.2. The molecule has 0 unspecified atom stereocenters. The van der Waals surface area contributed by atoms with Gasteiger partial charge in [0.2, 0.25) is 0 Å². The minimum Gasteiger partial charge on any atom is -0.296 e. The number of carbonyl (C=O) groups excluding carboxylic acids is 1. The van der Waals surface area contributed by atoms with Crippen LogP contribution in [0.2, 0.25) is 36.3 Å². The van der Waals surface area contributed by atoms with Gasteiger partial charge in [-0.25, -0.2) is 0 Å². The van der Waals surface area contributed by atoms with Gasteiger partial charge in [-0.2, -0.15) is 0 Å². The van der Waals surface area contributed by atoms with E-state index in [9.17, 15) is 0 Å². The molecule has 51 heavy (non-hydrogen) atoms. The summed E-state index contributed by atoms with van der Waals surface area (Å²) >= 11 is 0. The molecule has 0 saturated heterocycles. The SMILES string of the molecule is CCCC[Si](C#C[C@@]1(Cc2ccccc2)CCC[C@](C#C[Si](CCCC)(CCCC)CCCC)(Cc2ccccc2)C1=O)(CCCC)CCCC. The number of hydrogen-bond acceptors (Lipinski definition) is 1. The molecule has 0 aliphatic heterocycles. The quantitative estimate of drug-likeness (QED) is 0.0873. The number of benzene rings is 2. The van der Waals surface area contributed by atoms with E-state index in [0.29, 0.717) is 18.6 Å². The number of carbonyl (C=O) groups is 1. The third kappa shape index (κ3) is 12.9. The van der Waals surface area contributed by atoms with Gasteiger partial charge in [-0.3, -0.25) is 4.79 Å². The van der Waals surface area contributed by atoms with Crippen LogP contribution in [0.5, 0.6) is 0 Å². The fourth-order valence-electron chi connectivity index (χ4n) is 8.65. The van der Waals surface area contributed by atoms with Crippen LogP contribution in [0.4, 0.5) is 0 Å². The largest absolute Gasteiger partial charge is 0.296 e. The fraction of sp³-hybridized carbons (Fsp3) is 0.646. The van der Waals surface area contributed by atoms with E-state index >= 15 is 4.79 Å². The van der Waals surface area contributed by atoms with E-state index in [1.807, 2.05) is 0 Å². The van der Waals surface area contributed by atoms with Gasteiger partial charge in [-0.1, -0.05) is 191 Å². The van der Waals surface area contributed by atoms with Crippen LogP contribution in [-0.4, -0.2) is 21.9 Å². The summed E-state index contributed by atoms with van der Waals surface area (Å²) in [4.78, 5) is 15.9. The van der Waals surface area contributed by atoms with Crippen molar-refractivity contribution < 1.29 is 4.79 Å². The number of hydrogen-bond donors (Lipinski definition) is 0. The molecule has 0 aromatic heterocycles.